The van der Waals surface area contributed by atoms with Gasteiger partial charge in [-0.15, -0.1) is 0 Å². The molecule has 3 nitrogen and oxygen atoms in total. The fraction of sp³-hybridized carbons (Fsp3) is 0.385. The number of aliphatic carboxylic acids is 1. The van der Waals surface area contributed by atoms with Crippen molar-refractivity contribution in [2.24, 2.45) is 5.92 Å². The van der Waals surface area contributed by atoms with Crippen molar-refractivity contribution >= 4 is 11.8 Å². The van der Waals surface area contributed by atoms with Gasteiger partial charge in [0, 0.05) is 11.5 Å². The SMILES string of the molecule is CC(C)C(=O)c1ccc([C@@H](C)C(=O)O)cc1. The lowest BCUT2D eigenvalue weighted by Gasteiger charge is -2.08. The summed E-state index contributed by atoms with van der Waals surface area (Å²) < 4.78 is 0. The minimum atomic E-state index is -0.858. The van der Waals surface area contributed by atoms with E-state index in [0.717, 1.165) is 0 Å². The summed E-state index contributed by atoms with van der Waals surface area (Å²) in [6, 6.07) is 6.79. The number of hydrogen-bond donors (Lipinski definition) is 1. The Balaban J connectivity index is 2.91. The van der Waals surface area contributed by atoms with Crippen LogP contribution >= 0.6 is 0 Å². The summed E-state index contributed by atoms with van der Waals surface area (Å²) in [5.74, 6) is -1.36. The molecule has 0 aliphatic heterocycles. The van der Waals surface area contributed by atoms with E-state index < -0.39 is 11.9 Å². The number of carboxylic acid groups (broad SMARTS) is 1. The molecule has 0 heterocycles. The van der Waals surface area contributed by atoms with E-state index in [4.69, 9.17) is 5.11 Å². The lowest BCUT2D eigenvalue weighted by atomic mass is 9.96. The van der Waals surface area contributed by atoms with Crippen LogP contribution in [0.25, 0.3) is 0 Å². The van der Waals surface area contributed by atoms with E-state index in [0.29, 0.717) is 11.1 Å². The van der Waals surface area contributed by atoms with Crippen molar-refractivity contribution in [2.45, 2.75) is 26.7 Å². The highest BCUT2D eigenvalue weighted by Gasteiger charge is 2.15. The van der Waals surface area contributed by atoms with Gasteiger partial charge in [0.25, 0.3) is 0 Å². The number of carboxylic acids is 1. The molecule has 0 unspecified atom stereocenters. The highest BCUT2D eigenvalue weighted by Crippen LogP contribution is 2.17. The van der Waals surface area contributed by atoms with Crippen molar-refractivity contribution in [1.82, 2.24) is 0 Å². The summed E-state index contributed by atoms with van der Waals surface area (Å²) in [5, 5.41) is 8.84. The maximum absolute atomic E-state index is 11.6. The zero-order valence-corrected chi connectivity index (χ0v) is 9.73. The van der Waals surface area contributed by atoms with Gasteiger partial charge in [0.15, 0.2) is 5.78 Å². The van der Waals surface area contributed by atoms with E-state index in [1.807, 2.05) is 13.8 Å². The molecule has 16 heavy (non-hydrogen) atoms. The molecule has 0 radical (unpaired) electrons. The lowest BCUT2D eigenvalue weighted by Crippen LogP contribution is -2.09. The Morgan fingerprint density at radius 3 is 1.94 bits per heavy atom. The minimum Gasteiger partial charge on any atom is -0.481 e. The van der Waals surface area contributed by atoms with Crippen LogP contribution in [0, 0.1) is 5.92 Å². The Bertz CT molecular complexity index is 390. The fourth-order valence-corrected chi connectivity index (χ4v) is 1.41. The minimum absolute atomic E-state index is 0.0391. The number of rotatable bonds is 4. The molecule has 0 amide bonds. The van der Waals surface area contributed by atoms with Crippen molar-refractivity contribution in [3.05, 3.63) is 35.4 Å². The number of Topliss-reactive ketones (excluding diaryl/α,β-unsaturated/α-hetero) is 1. The third kappa shape index (κ3) is 2.69. The van der Waals surface area contributed by atoms with Gasteiger partial charge in [-0.1, -0.05) is 38.1 Å². The highest BCUT2D eigenvalue weighted by atomic mass is 16.4. The first-order valence-corrected chi connectivity index (χ1v) is 5.30. The molecule has 0 bridgehead atoms. The molecule has 0 aromatic heterocycles. The van der Waals surface area contributed by atoms with Gasteiger partial charge in [0.05, 0.1) is 5.92 Å². The van der Waals surface area contributed by atoms with E-state index in [2.05, 4.69) is 0 Å². The highest BCUT2D eigenvalue weighted by molar-refractivity contribution is 5.97. The van der Waals surface area contributed by atoms with Gasteiger partial charge in [0.1, 0.15) is 0 Å². The number of benzene rings is 1. The molecule has 3 heteroatoms. The fourth-order valence-electron chi connectivity index (χ4n) is 1.41. The zero-order chi connectivity index (χ0) is 12.3. The van der Waals surface area contributed by atoms with Gasteiger partial charge in [-0.3, -0.25) is 9.59 Å². The maximum Gasteiger partial charge on any atom is 0.310 e. The predicted molar refractivity (Wildman–Crippen MR) is 61.7 cm³/mol. The summed E-state index contributed by atoms with van der Waals surface area (Å²) >= 11 is 0. The molecular formula is C13H16O3. The maximum atomic E-state index is 11.6. The number of ketones is 1. The van der Waals surface area contributed by atoms with Crippen LogP contribution in [0.2, 0.25) is 0 Å². The summed E-state index contributed by atoms with van der Waals surface area (Å²) in [5.41, 5.74) is 1.35. The largest absolute Gasteiger partial charge is 0.481 e. The van der Waals surface area contributed by atoms with Gasteiger partial charge in [-0.25, -0.2) is 0 Å². The van der Waals surface area contributed by atoms with E-state index in [1.54, 1.807) is 31.2 Å². The monoisotopic (exact) mass is 220 g/mol. The average Bonchev–Trinajstić information content (AvgIpc) is 2.27. The van der Waals surface area contributed by atoms with Crippen LogP contribution in [0.4, 0.5) is 0 Å². The Morgan fingerprint density at radius 1 is 1.06 bits per heavy atom. The Kier molecular flexibility index (Phi) is 3.82. The zero-order valence-electron chi connectivity index (χ0n) is 9.73. The van der Waals surface area contributed by atoms with Gasteiger partial charge in [-0.05, 0) is 12.5 Å². The smallest absolute Gasteiger partial charge is 0.310 e. The first-order chi connectivity index (χ1) is 7.43. The molecule has 1 aromatic rings. The van der Waals surface area contributed by atoms with Crippen molar-refractivity contribution in [2.75, 3.05) is 0 Å². The second-order valence-corrected chi connectivity index (χ2v) is 4.20. The number of carbonyl (C=O) groups excluding carboxylic acids is 1. The van der Waals surface area contributed by atoms with E-state index in [9.17, 15) is 9.59 Å². The van der Waals surface area contributed by atoms with E-state index >= 15 is 0 Å². The first-order valence-electron chi connectivity index (χ1n) is 5.30. The molecule has 1 atom stereocenters. The average molecular weight is 220 g/mol. The number of hydrogen-bond acceptors (Lipinski definition) is 2. The van der Waals surface area contributed by atoms with Crippen molar-refractivity contribution in [3.63, 3.8) is 0 Å². The van der Waals surface area contributed by atoms with Gasteiger partial charge in [0.2, 0.25) is 0 Å². The van der Waals surface area contributed by atoms with Gasteiger partial charge >= 0.3 is 5.97 Å². The molecule has 1 N–H and O–H groups in total. The normalized spacial score (nSPS) is 12.5. The van der Waals surface area contributed by atoms with E-state index in [-0.39, 0.29) is 11.7 Å². The summed E-state index contributed by atoms with van der Waals surface area (Å²) in [6.45, 7) is 5.31. The molecule has 1 aromatic carbocycles. The lowest BCUT2D eigenvalue weighted by molar-refractivity contribution is -0.138. The molecule has 86 valence electrons. The third-order valence-electron chi connectivity index (χ3n) is 2.59. The number of carbonyl (C=O) groups is 2. The summed E-state index contributed by atoms with van der Waals surface area (Å²) in [7, 11) is 0. The molecule has 0 fully saturated rings. The molecule has 0 saturated carbocycles. The van der Waals surface area contributed by atoms with Gasteiger partial charge in [-0.2, -0.15) is 0 Å². The quantitative estimate of drug-likeness (QED) is 0.794. The standard InChI is InChI=1S/C13H16O3/c1-8(2)12(14)11-6-4-10(5-7-11)9(3)13(15)16/h4-9H,1-3H3,(H,15,16)/t9-/m1/s1. The van der Waals surface area contributed by atoms with Crippen LogP contribution in [0.3, 0.4) is 0 Å². The van der Waals surface area contributed by atoms with Crippen LogP contribution in [0.1, 0.15) is 42.6 Å². The molecule has 0 saturated heterocycles. The molecule has 0 spiro atoms. The second-order valence-electron chi connectivity index (χ2n) is 4.20. The third-order valence-corrected chi connectivity index (χ3v) is 2.59. The summed E-state index contributed by atoms with van der Waals surface area (Å²) in [4.78, 5) is 22.4. The van der Waals surface area contributed by atoms with Crippen LogP contribution in [0.15, 0.2) is 24.3 Å². The van der Waals surface area contributed by atoms with Crippen LogP contribution in [-0.2, 0) is 4.79 Å². The van der Waals surface area contributed by atoms with Crippen LogP contribution in [0.5, 0.6) is 0 Å². The topological polar surface area (TPSA) is 54.4 Å². The molecular weight excluding hydrogens is 204 g/mol. The van der Waals surface area contributed by atoms with Crippen LogP contribution in [-0.4, -0.2) is 16.9 Å². The van der Waals surface area contributed by atoms with Crippen molar-refractivity contribution < 1.29 is 14.7 Å². The second kappa shape index (κ2) is 4.92. The van der Waals surface area contributed by atoms with Crippen molar-refractivity contribution in [1.29, 1.82) is 0 Å². The Hall–Kier alpha value is -1.64. The van der Waals surface area contributed by atoms with E-state index in [1.165, 1.54) is 0 Å². The molecule has 1 rings (SSSR count). The van der Waals surface area contributed by atoms with Crippen molar-refractivity contribution in [3.8, 4) is 0 Å². The Morgan fingerprint density at radius 2 is 1.56 bits per heavy atom. The molecule has 0 aliphatic carbocycles. The summed E-state index contributed by atoms with van der Waals surface area (Å²) in [6.07, 6.45) is 0. The predicted octanol–water partition coefficient (Wildman–Crippen LogP) is 2.71. The van der Waals surface area contributed by atoms with Gasteiger partial charge < -0.3 is 5.11 Å². The molecule has 0 aliphatic rings. The first kappa shape index (κ1) is 12.4. The Labute approximate surface area is 95.1 Å². The van der Waals surface area contributed by atoms with Crippen LogP contribution < -0.4 is 0 Å².